The zero-order chi connectivity index (χ0) is 13.2. The summed E-state index contributed by atoms with van der Waals surface area (Å²) >= 11 is 1.69. The Hall–Kier alpha value is -1.72. The zero-order valence-corrected chi connectivity index (χ0v) is 11.6. The van der Waals surface area contributed by atoms with Gasteiger partial charge in [-0.2, -0.15) is 5.10 Å². The average molecular weight is 272 g/mol. The third-order valence-electron chi connectivity index (χ3n) is 3.15. The summed E-state index contributed by atoms with van der Waals surface area (Å²) in [5.74, 6) is 0. The number of thiophene rings is 1. The summed E-state index contributed by atoms with van der Waals surface area (Å²) in [4.78, 5) is 4.43. The molecular formula is C14H16N4S. The van der Waals surface area contributed by atoms with Crippen molar-refractivity contribution in [3.05, 3.63) is 47.2 Å². The van der Waals surface area contributed by atoms with Gasteiger partial charge in [0.25, 0.3) is 0 Å². The molecule has 19 heavy (non-hydrogen) atoms. The molecule has 0 aliphatic heterocycles. The van der Waals surface area contributed by atoms with Crippen LogP contribution in [0.25, 0.3) is 10.2 Å². The van der Waals surface area contributed by atoms with Crippen LogP contribution in [-0.4, -0.2) is 14.8 Å². The molecule has 3 aromatic heterocycles. The summed E-state index contributed by atoms with van der Waals surface area (Å²) in [6, 6.07) is 3.98. The van der Waals surface area contributed by atoms with E-state index in [0.717, 1.165) is 29.6 Å². The maximum absolute atomic E-state index is 6.30. The summed E-state index contributed by atoms with van der Waals surface area (Å²) in [7, 11) is 0. The van der Waals surface area contributed by atoms with E-state index >= 15 is 0 Å². The highest BCUT2D eigenvalue weighted by Crippen LogP contribution is 2.24. The molecule has 0 saturated carbocycles. The minimum atomic E-state index is -0.162. The van der Waals surface area contributed by atoms with Gasteiger partial charge >= 0.3 is 0 Å². The predicted octanol–water partition coefficient (Wildman–Crippen LogP) is 2.95. The van der Waals surface area contributed by atoms with Gasteiger partial charge in [-0.05, 0) is 29.5 Å². The number of hydrogen-bond acceptors (Lipinski definition) is 4. The van der Waals surface area contributed by atoms with Gasteiger partial charge in [0, 0.05) is 24.5 Å². The molecule has 0 spiro atoms. The highest BCUT2D eigenvalue weighted by molar-refractivity contribution is 7.17. The number of hydrogen-bond donors (Lipinski definition) is 1. The van der Waals surface area contributed by atoms with Gasteiger partial charge in [-0.15, -0.1) is 11.3 Å². The Bertz CT molecular complexity index is 685. The second-order valence-electron chi connectivity index (χ2n) is 4.59. The van der Waals surface area contributed by atoms with Crippen LogP contribution in [0.4, 0.5) is 0 Å². The summed E-state index contributed by atoms with van der Waals surface area (Å²) in [5.41, 5.74) is 9.39. The molecule has 4 nitrogen and oxygen atoms in total. The Labute approximate surface area is 115 Å². The smallest absolute Gasteiger partial charge is 0.0809 e. The molecule has 0 amide bonds. The fraction of sp³-hybridized carbons (Fsp3) is 0.286. The van der Waals surface area contributed by atoms with E-state index in [2.05, 4.69) is 23.1 Å². The number of aryl methyl sites for hydroxylation is 1. The molecule has 3 rings (SSSR count). The van der Waals surface area contributed by atoms with E-state index < -0.39 is 0 Å². The maximum atomic E-state index is 6.30. The van der Waals surface area contributed by atoms with Crippen LogP contribution in [-0.2, 0) is 6.54 Å². The first-order valence-corrected chi connectivity index (χ1v) is 7.27. The van der Waals surface area contributed by atoms with Gasteiger partial charge in [0.05, 0.1) is 22.5 Å². The van der Waals surface area contributed by atoms with E-state index in [1.165, 1.54) is 4.70 Å². The monoisotopic (exact) mass is 272 g/mol. The number of nitrogens with two attached hydrogens (primary N) is 1. The lowest BCUT2D eigenvalue weighted by molar-refractivity contribution is 0.602. The van der Waals surface area contributed by atoms with Crippen molar-refractivity contribution in [3.8, 4) is 0 Å². The highest BCUT2D eigenvalue weighted by atomic mass is 32.1. The maximum Gasteiger partial charge on any atom is 0.0809 e. The fourth-order valence-corrected chi connectivity index (χ4v) is 2.90. The van der Waals surface area contributed by atoms with E-state index in [-0.39, 0.29) is 6.04 Å². The van der Waals surface area contributed by atoms with E-state index in [1.54, 1.807) is 11.3 Å². The summed E-state index contributed by atoms with van der Waals surface area (Å²) in [5, 5.41) is 6.37. The molecule has 0 aliphatic rings. The van der Waals surface area contributed by atoms with Crippen molar-refractivity contribution in [2.24, 2.45) is 5.73 Å². The number of rotatable bonds is 4. The third kappa shape index (κ3) is 2.39. The molecule has 98 valence electrons. The number of pyridine rings is 1. The van der Waals surface area contributed by atoms with E-state index in [0.29, 0.717) is 0 Å². The Kier molecular flexibility index (Phi) is 3.31. The quantitative estimate of drug-likeness (QED) is 0.794. The molecule has 1 unspecified atom stereocenters. The predicted molar refractivity (Wildman–Crippen MR) is 78.2 cm³/mol. The number of aromatic nitrogens is 3. The Balaban J connectivity index is 1.90. The van der Waals surface area contributed by atoms with Crippen molar-refractivity contribution in [1.82, 2.24) is 14.8 Å². The Morgan fingerprint density at radius 2 is 2.26 bits per heavy atom. The molecule has 0 aromatic carbocycles. The molecule has 0 bridgehead atoms. The second kappa shape index (κ2) is 5.11. The van der Waals surface area contributed by atoms with Crippen molar-refractivity contribution in [3.63, 3.8) is 0 Å². The molecule has 0 radical (unpaired) electrons. The van der Waals surface area contributed by atoms with Gasteiger partial charge < -0.3 is 5.73 Å². The molecule has 3 heterocycles. The molecule has 0 fully saturated rings. The Morgan fingerprint density at radius 3 is 3.11 bits per heavy atom. The van der Waals surface area contributed by atoms with Gasteiger partial charge in [0.1, 0.15) is 0 Å². The van der Waals surface area contributed by atoms with Crippen molar-refractivity contribution >= 4 is 21.6 Å². The first-order chi connectivity index (χ1) is 9.28. The summed E-state index contributed by atoms with van der Waals surface area (Å²) in [6.45, 7) is 3.06. The lowest BCUT2D eigenvalue weighted by atomic mass is 10.0. The average Bonchev–Trinajstić information content (AvgIpc) is 3.05. The van der Waals surface area contributed by atoms with Gasteiger partial charge in [-0.3, -0.25) is 9.67 Å². The van der Waals surface area contributed by atoms with E-state index in [9.17, 15) is 0 Å². The molecule has 3 aromatic rings. The van der Waals surface area contributed by atoms with Gasteiger partial charge in [-0.25, -0.2) is 0 Å². The van der Waals surface area contributed by atoms with Crippen LogP contribution in [0.15, 0.2) is 36.1 Å². The van der Waals surface area contributed by atoms with Crippen LogP contribution >= 0.6 is 11.3 Å². The lowest BCUT2D eigenvalue weighted by Gasteiger charge is -2.09. The highest BCUT2D eigenvalue weighted by Gasteiger charge is 2.12. The van der Waals surface area contributed by atoms with Crippen LogP contribution in [0, 0.1) is 0 Å². The first kappa shape index (κ1) is 12.3. The van der Waals surface area contributed by atoms with Crippen LogP contribution in [0.5, 0.6) is 0 Å². The summed E-state index contributed by atoms with van der Waals surface area (Å²) < 4.78 is 3.11. The fourth-order valence-electron chi connectivity index (χ4n) is 2.12. The van der Waals surface area contributed by atoms with Crippen LogP contribution in [0.1, 0.15) is 30.5 Å². The summed E-state index contributed by atoms with van der Waals surface area (Å²) in [6.07, 6.45) is 6.79. The minimum Gasteiger partial charge on any atom is -0.320 e. The molecule has 1 atom stereocenters. The number of fused-ring (bicyclic) bond motifs is 1. The lowest BCUT2D eigenvalue weighted by Crippen LogP contribution is -2.11. The van der Waals surface area contributed by atoms with Crippen LogP contribution in [0.3, 0.4) is 0 Å². The van der Waals surface area contributed by atoms with E-state index in [4.69, 9.17) is 5.73 Å². The molecular weight excluding hydrogens is 256 g/mol. The van der Waals surface area contributed by atoms with Crippen LogP contribution in [0.2, 0.25) is 0 Å². The SMILES string of the molecule is CCCn1cc(C(N)c2cnc3ccsc3c2)cn1. The standard InChI is InChI=1S/C14H16N4S/c1-2-4-18-9-11(8-17-18)14(15)10-6-13-12(16-7-10)3-5-19-13/h3,5-9,14H,2,4,15H2,1H3. The van der Waals surface area contributed by atoms with Gasteiger partial charge in [0.15, 0.2) is 0 Å². The van der Waals surface area contributed by atoms with Gasteiger partial charge in [-0.1, -0.05) is 6.92 Å². The van der Waals surface area contributed by atoms with Crippen molar-refractivity contribution in [2.45, 2.75) is 25.9 Å². The van der Waals surface area contributed by atoms with E-state index in [1.807, 2.05) is 34.7 Å². The van der Waals surface area contributed by atoms with Crippen molar-refractivity contribution in [1.29, 1.82) is 0 Å². The second-order valence-corrected chi connectivity index (χ2v) is 5.53. The first-order valence-electron chi connectivity index (χ1n) is 6.39. The topological polar surface area (TPSA) is 56.7 Å². The Morgan fingerprint density at radius 1 is 1.37 bits per heavy atom. The normalized spacial score (nSPS) is 12.9. The van der Waals surface area contributed by atoms with Gasteiger partial charge in [0.2, 0.25) is 0 Å². The molecule has 5 heteroatoms. The largest absolute Gasteiger partial charge is 0.320 e. The zero-order valence-electron chi connectivity index (χ0n) is 10.8. The van der Waals surface area contributed by atoms with Crippen LogP contribution < -0.4 is 5.73 Å². The minimum absolute atomic E-state index is 0.162. The van der Waals surface area contributed by atoms with Crippen molar-refractivity contribution in [2.75, 3.05) is 0 Å². The molecule has 2 N–H and O–H groups in total. The molecule has 0 saturated heterocycles. The van der Waals surface area contributed by atoms with Crippen molar-refractivity contribution < 1.29 is 0 Å². The number of nitrogens with zero attached hydrogens (tertiary/aromatic N) is 3. The third-order valence-corrected chi connectivity index (χ3v) is 4.00. The molecule has 0 aliphatic carbocycles.